The third kappa shape index (κ3) is 3.48. The van der Waals surface area contributed by atoms with Gasteiger partial charge < -0.3 is 14.5 Å². The fourth-order valence-electron chi connectivity index (χ4n) is 2.49. The van der Waals surface area contributed by atoms with Gasteiger partial charge in [-0.1, -0.05) is 12.1 Å². The molecule has 3 rings (SSSR count). The lowest BCUT2D eigenvalue weighted by Crippen LogP contribution is -2.31. The van der Waals surface area contributed by atoms with Crippen LogP contribution in [-0.4, -0.2) is 28.8 Å². The molecular formula is C18H19N3O3. The molecule has 3 aromatic rings. The first-order valence-electron chi connectivity index (χ1n) is 7.82. The zero-order valence-corrected chi connectivity index (χ0v) is 13.4. The third-order valence-corrected chi connectivity index (χ3v) is 3.60. The monoisotopic (exact) mass is 325 g/mol. The number of para-hydroxylation sites is 1. The van der Waals surface area contributed by atoms with Gasteiger partial charge in [-0.05, 0) is 37.3 Å². The van der Waals surface area contributed by atoms with Crippen molar-refractivity contribution in [2.24, 2.45) is 0 Å². The Morgan fingerprint density at radius 1 is 1.29 bits per heavy atom. The molecule has 6 heteroatoms. The highest BCUT2D eigenvalue weighted by Gasteiger charge is 2.19. The maximum atomic E-state index is 12.5. The third-order valence-electron chi connectivity index (χ3n) is 3.60. The molecule has 2 aromatic heterocycles. The number of nitrogens with zero attached hydrogens (tertiary/aromatic N) is 2. The number of carbonyl (C=O) groups is 1. The van der Waals surface area contributed by atoms with E-state index in [0.29, 0.717) is 24.5 Å². The topological polar surface area (TPSA) is 69.3 Å². The van der Waals surface area contributed by atoms with E-state index in [9.17, 15) is 4.79 Å². The van der Waals surface area contributed by atoms with Crippen LogP contribution in [0.2, 0.25) is 0 Å². The first-order chi connectivity index (χ1) is 11.8. The Hall–Kier alpha value is -3.02. The van der Waals surface area contributed by atoms with Crippen molar-refractivity contribution in [1.29, 1.82) is 0 Å². The first-order valence-corrected chi connectivity index (χ1v) is 7.82. The van der Waals surface area contributed by atoms with Crippen LogP contribution in [0.25, 0.3) is 0 Å². The number of carbonyl (C=O) groups excluding carboxylic acids is 1. The fraction of sp³-hybridized carbons (Fsp3) is 0.222. The van der Waals surface area contributed by atoms with Crippen molar-refractivity contribution < 1.29 is 13.9 Å². The molecule has 1 unspecified atom stereocenters. The first kappa shape index (κ1) is 15.9. The van der Waals surface area contributed by atoms with Crippen LogP contribution in [0.1, 0.15) is 29.1 Å². The molecule has 0 saturated carbocycles. The fourth-order valence-corrected chi connectivity index (χ4v) is 2.49. The number of rotatable bonds is 7. The second-order valence-corrected chi connectivity index (χ2v) is 5.16. The van der Waals surface area contributed by atoms with E-state index < -0.39 is 0 Å². The van der Waals surface area contributed by atoms with E-state index in [2.05, 4.69) is 10.4 Å². The molecular weight excluding hydrogens is 306 g/mol. The number of benzene rings is 1. The van der Waals surface area contributed by atoms with Gasteiger partial charge in [0.2, 0.25) is 0 Å². The summed E-state index contributed by atoms with van der Waals surface area (Å²) in [5.41, 5.74) is 0.512. The molecule has 0 aliphatic rings. The Kier molecular flexibility index (Phi) is 4.96. The molecule has 0 fully saturated rings. The van der Waals surface area contributed by atoms with Gasteiger partial charge in [-0.15, -0.1) is 0 Å². The number of aromatic nitrogens is 2. The normalized spacial score (nSPS) is 11.9. The lowest BCUT2D eigenvalue weighted by molar-refractivity contribution is 0.0944. The number of amides is 1. The van der Waals surface area contributed by atoms with E-state index in [-0.39, 0.29) is 11.9 Å². The molecule has 0 radical (unpaired) electrons. The zero-order chi connectivity index (χ0) is 16.8. The largest absolute Gasteiger partial charge is 0.493 e. The predicted octanol–water partition coefficient (Wildman–Crippen LogP) is 2.89. The molecule has 0 bridgehead atoms. The van der Waals surface area contributed by atoms with E-state index in [4.69, 9.17) is 9.15 Å². The number of nitrogens with one attached hydrogen (secondary N) is 1. The van der Waals surface area contributed by atoms with Crippen molar-refractivity contribution in [3.05, 3.63) is 72.4 Å². The van der Waals surface area contributed by atoms with Crippen LogP contribution < -0.4 is 10.1 Å². The second kappa shape index (κ2) is 7.50. The van der Waals surface area contributed by atoms with Gasteiger partial charge in [-0.3, -0.25) is 9.48 Å². The summed E-state index contributed by atoms with van der Waals surface area (Å²) in [4.78, 5) is 12.5. The summed E-state index contributed by atoms with van der Waals surface area (Å²) in [6, 6.07) is 12.5. The van der Waals surface area contributed by atoms with Gasteiger partial charge >= 0.3 is 0 Å². The summed E-state index contributed by atoms with van der Waals surface area (Å²) in [6.45, 7) is 2.75. The van der Waals surface area contributed by atoms with Crippen molar-refractivity contribution in [1.82, 2.24) is 15.1 Å². The van der Waals surface area contributed by atoms with Crippen LogP contribution in [0.15, 0.2) is 65.5 Å². The molecule has 0 spiro atoms. The summed E-state index contributed by atoms with van der Waals surface area (Å²) >= 11 is 0. The number of furan rings is 1. The van der Waals surface area contributed by atoms with Gasteiger partial charge in [0.1, 0.15) is 17.6 Å². The van der Waals surface area contributed by atoms with Crippen LogP contribution in [0.5, 0.6) is 5.75 Å². The van der Waals surface area contributed by atoms with E-state index >= 15 is 0 Å². The van der Waals surface area contributed by atoms with Crippen molar-refractivity contribution in [3.63, 3.8) is 0 Å². The van der Waals surface area contributed by atoms with Gasteiger partial charge in [0.05, 0.1) is 18.4 Å². The molecule has 24 heavy (non-hydrogen) atoms. The average Bonchev–Trinajstić information content (AvgIpc) is 3.30. The van der Waals surface area contributed by atoms with Gasteiger partial charge in [0.15, 0.2) is 0 Å². The lowest BCUT2D eigenvalue weighted by Gasteiger charge is -2.17. The summed E-state index contributed by atoms with van der Waals surface area (Å²) in [5.74, 6) is 1.12. The standard InChI is InChI=1S/C18H19N3O3/c1-2-23-16-8-4-3-7-14(16)18(22)19-13-15(17-9-5-12-24-17)21-11-6-10-20-21/h3-12,15H,2,13H2,1H3,(H,19,22). The molecule has 1 atom stereocenters. The number of ether oxygens (including phenoxy) is 1. The number of hydrogen-bond acceptors (Lipinski definition) is 4. The van der Waals surface area contributed by atoms with Crippen molar-refractivity contribution in [2.75, 3.05) is 13.2 Å². The minimum atomic E-state index is -0.210. The molecule has 0 aliphatic carbocycles. The molecule has 0 saturated heterocycles. The van der Waals surface area contributed by atoms with Gasteiger partial charge in [-0.25, -0.2) is 0 Å². The van der Waals surface area contributed by atoms with E-state index in [1.54, 1.807) is 29.3 Å². The summed E-state index contributed by atoms with van der Waals surface area (Å²) < 4.78 is 12.8. The van der Waals surface area contributed by atoms with Gasteiger partial charge in [-0.2, -0.15) is 5.10 Å². The molecule has 1 amide bonds. The highest BCUT2D eigenvalue weighted by molar-refractivity contribution is 5.96. The Bertz CT molecular complexity index is 732. The summed E-state index contributed by atoms with van der Waals surface area (Å²) in [5, 5.41) is 7.19. The lowest BCUT2D eigenvalue weighted by atomic mass is 10.1. The van der Waals surface area contributed by atoms with E-state index in [1.165, 1.54) is 0 Å². The van der Waals surface area contributed by atoms with Crippen LogP contribution in [0, 0.1) is 0 Å². The zero-order valence-electron chi connectivity index (χ0n) is 13.4. The molecule has 1 N–H and O–H groups in total. The van der Waals surface area contributed by atoms with Gasteiger partial charge in [0, 0.05) is 18.9 Å². The van der Waals surface area contributed by atoms with Crippen LogP contribution in [0.3, 0.4) is 0 Å². The second-order valence-electron chi connectivity index (χ2n) is 5.16. The SMILES string of the molecule is CCOc1ccccc1C(=O)NCC(c1ccco1)n1cccn1. The average molecular weight is 325 g/mol. The van der Waals surface area contributed by atoms with Crippen molar-refractivity contribution >= 4 is 5.91 Å². The molecule has 124 valence electrons. The van der Waals surface area contributed by atoms with Crippen LogP contribution in [-0.2, 0) is 0 Å². The van der Waals surface area contributed by atoms with E-state index in [1.807, 2.05) is 43.5 Å². The predicted molar refractivity (Wildman–Crippen MR) is 89.0 cm³/mol. The van der Waals surface area contributed by atoms with Gasteiger partial charge in [0.25, 0.3) is 5.91 Å². The molecule has 6 nitrogen and oxygen atoms in total. The molecule has 2 heterocycles. The molecule has 0 aliphatic heterocycles. The minimum absolute atomic E-state index is 0.192. The minimum Gasteiger partial charge on any atom is -0.493 e. The summed E-state index contributed by atoms with van der Waals surface area (Å²) in [7, 11) is 0. The smallest absolute Gasteiger partial charge is 0.255 e. The van der Waals surface area contributed by atoms with Crippen molar-refractivity contribution in [2.45, 2.75) is 13.0 Å². The number of hydrogen-bond donors (Lipinski definition) is 1. The van der Waals surface area contributed by atoms with Crippen LogP contribution >= 0.6 is 0 Å². The maximum Gasteiger partial charge on any atom is 0.255 e. The van der Waals surface area contributed by atoms with E-state index in [0.717, 1.165) is 5.76 Å². The Morgan fingerprint density at radius 3 is 2.88 bits per heavy atom. The maximum absolute atomic E-state index is 12.5. The molecule has 1 aromatic carbocycles. The van der Waals surface area contributed by atoms with Crippen LogP contribution in [0.4, 0.5) is 0 Å². The van der Waals surface area contributed by atoms with Crippen molar-refractivity contribution in [3.8, 4) is 5.75 Å². The Morgan fingerprint density at radius 2 is 2.17 bits per heavy atom. The highest BCUT2D eigenvalue weighted by atomic mass is 16.5. The quantitative estimate of drug-likeness (QED) is 0.725. The summed E-state index contributed by atoms with van der Waals surface area (Å²) in [6.07, 6.45) is 5.15. The Balaban J connectivity index is 1.74. The Labute approximate surface area is 140 Å². The highest BCUT2D eigenvalue weighted by Crippen LogP contribution is 2.20.